The Morgan fingerprint density at radius 3 is 2.54 bits per heavy atom. The lowest BCUT2D eigenvalue weighted by molar-refractivity contribution is -0.116. The molecule has 2 aromatic rings. The molecule has 0 atom stereocenters. The first kappa shape index (κ1) is 17.7. The Hall–Kier alpha value is -2.68. The number of carbonyl (C=O) groups excluding carboxylic acids is 1. The molecule has 9 heteroatoms. The first-order chi connectivity index (χ1) is 11.2. The van der Waals surface area contributed by atoms with Crippen molar-refractivity contribution in [2.24, 2.45) is 7.05 Å². The lowest BCUT2D eigenvalue weighted by Gasteiger charge is -2.09. The number of hydrogen-bond acceptors (Lipinski definition) is 5. The van der Waals surface area contributed by atoms with Crippen LogP contribution >= 0.6 is 0 Å². The van der Waals surface area contributed by atoms with Gasteiger partial charge in [0.2, 0.25) is 5.91 Å². The third kappa shape index (κ3) is 4.42. The van der Waals surface area contributed by atoms with Gasteiger partial charge >= 0.3 is 5.97 Å². The van der Waals surface area contributed by atoms with Crippen molar-refractivity contribution in [3.05, 3.63) is 41.7 Å². The van der Waals surface area contributed by atoms with E-state index in [1.165, 1.54) is 12.1 Å². The molecule has 128 valence electrons. The highest BCUT2D eigenvalue weighted by atomic mass is 32.2. The fourth-order valence-electron chi connectivity index (χ4n) is 2.12. The standard InChI is InChI=1S/C15H17N3O5S/c1-18-12(5-6-16-18)3-4-14(19)17-11-7-10(15(20)21)8-13(9-11)24(2,22)23/h5-9H,3-4H2,1-2H3,(H,17,19)(H,20,21). The van der Waals surface area contributed by atoms with Crippen LogP contribution in [-0.4, -0.2) is 41.4 Å². The molecule has 0 aliphatic heterocycles. The van der Waals surface area contributed by atoms with Crippen molar-refractivity contribution in [2.75, 3.05) is 11.6 Å². The van der Waals surface area contributed by atoms with Gasteiger partial charge in [0, 0.05) is 37.3 Å². The molecule has 24 heavy (non-hydrogen) atoms. The van der Waals surface area contributed by atoms with Gasteiger partial charge in [-0.2, -0.15) is 5.10 Å². The molecule has 1 amide bonds. The predicted octanol–water partition coefficient (Wildman–Crippen LogP) is 1.09. The lowest BCUT2D eigenvalue weighted by atomic mass is 10.2. The van der Waals surface area contributed by atoms with Crippen LogP contribution in [0.1, 0.15) is 22.5 Å². The average molecular weight is 351 g/mol. The van der Waals surface area contributed by atoms with E-state index in [2.05, 4.69) is 10.4 Å². The molecular weight excluding hydrogens is 334 g/mol. The van der Waals surface area contributed by atoms with Crippen LogP contribution in [0, 0.1) is 0 Å². The Morgan fingerprint density at radius 1 is 1.29 bits per heavy atom. The van der Waals surface area contributed by atoms with E-state index in [1.54, 1.807) is 24.0 Å². The smallest absolute Gasteiger partial charge is 0.335 e. The Labute approximate surface area is 139 Å². The van der Waals surface area contributed by atoms with E-state index in [0.29, 0.717) is 6.42 Å². The van der Waals surface area contributed by atoms with Crippen molar-refractivity contribution in [2.45, 2.75) is 17.7 Å². The van der Waals surface area contributed by atoms with Crippen molar-refractivity contribution in [3.8, 4) is 0 Å². The molecule has 1 heterocycles. The summed E-state index contributed by atoms with van der Waals surface area (Å²) < 4.78 is 25.0. The minimum Gasteiger partial charge on any atom is -0.478 e. The van der Waals surface area contributed by atoms with Crippen LogP contribution in [-0.2, 0) is 28.1 Å². The molecule has 0 unspecified atom stereocenters. The summed E-state index contributed by atoms with van der Waals surface area (Å²) in [6.07, 6.45) is 3.22. The number of nitrogens with one attached hydrogen (secondary N) is 1. The quantitative estimate of drug-likeness (QED) is 0.804. The molecule has 0 radical (unpaired) electrons. The third-order valence-corrected chi connectivity index (χ3v) is 4.49. The molecular formula is C15H17N3O5S. The molecule has 0 aliphatic rings. The van der Waals surface area contributed by atoms with Gasteiger partial charge in [-0.3, -0.25) is 9.48 Å². The zero-order chi connectivity index (χ0) is 17.9. The topological polar surface area (TPSA) is 118 Å². The number of hydrogen-bond donors (Lipinski definition) is 2. The highest BCUT2D eigenvalue weighted by Gasteiger charge is 2.15. The molecule has 0 fully saturated rings. The van der Waals surface area contributed by atoms with E-state index < -0.39 is 15.8 Å². The highest BCUT2D eigenvalue weighted by molar-refractivity contribution is 7.90. The number of carboxylic acid groups (broad SMARTS) is 1. The Morgan fingerprint density at radius 2 is 2.00 bits per heavy atom. The second-order valence-corrected chi connectivity index (χ2v) is 7.33. The van der Waals surface area contributed by atoms with Gasteiger partial charge < -0.3 is 10.4 Å². The molecule has 0 aliphatic carbocycles. The number of amides is 1. The van der Waals surface area contributed by atoms with Crippen LogP contribution in [0.25, 0.3) is 0 Å². The molecule has 2 N–H and O–H groups in total. The summed E-state index contributed by atoms with van der Waals surface area (Å²) in [5.41, 5.74) is 0.798. The van der Waals surface area contributed by atoms with E-state index in [4.69, 9.17) is 5.11 Å². The Bertz CT molecular complexity index is 886. The zero-order valence-electron chi connectivity index (χ0n) is 13.2. The SMILES string of the molecule is Cn1nccc1CCC(=O)Nc1cc(C(=O)O)cc(S(C)(=O)=O)c1. The van der Waals surface area contributed by atoms with E-state index in [9.17, 15) is 18.0 Å². The fourth-order valence-corrected chi connectivity index (χ4v) is 2.80. The summed E-state index contributed by atoms with van der Waals surface area (Å²) in [4.78, 5) is 23.0. The van der Waals surface area contributed by atoms with Gasteiger partial charge in [0.15, 0.2) is 9.84 Å². The number of nitrogens with zero attached hydrogens (tertiary/aromatic N) is 2. The number of carboxylic acids is 1. The van der Waals surface area contributed by atoms with Crippen molar-refractivity contribution >= 4 is 27.4 Å². The number of benzene rings is 1. The fraction of sp³-hybridized carbons (Fsp3) is 0.267. The largest absolute Gasteiger partial charge is 0.478 e. The number of rotatable bonds is 6. The molecule has 1 aromatic heterocycles. The first-order valence-corrected chi connectivity index (χ1v) is 8.91. The predicted molar refractivity (Wildman–Crippen MR) is 86.7 cm³/mol. The zero-order valence-corrected chi connectivity index (χ0v) is 14.0. The number of aryl methyl sites for hydroxylation is 2. The molecule has 0 spiro atoms. The van der Waals surface area contributed by atoms with Crippen LogP contribution in [0.4, 0.5) is 5.69 Å². The van der Waals surface area contributed by atoms with Crippen LogP contribution < -0.4 is 5.32 Å². The maximum atomic E-state index is 12.0. The highest BCUT2D eigenvalue weighted by Crippen LogP contribution is 2.19. The Kier molecular flexibility index (Phi) is 5.03. The first-order valence-electron chi connectivity index (χ1n) is 7.02. The summed E-state index contributed by atoms with van der Waals surface area (Å²) in [6.45, 7) is 0. The van der Waals surface area contributed by atoms with Gasteiger partial charge in [0.25, 0.3) is 0 Å². The van der Waals surface area contributed by atoms with Crippen molar-refractivity contribution in [1.82, 2.24) is 9.78 Å². The molecule has 8 nitrogen and oxygen atoms in total. The Balaban J connectivity index is 2.16. The summed E-state index contributed by atoms with van der Waals surface area (Å²) in [6, 6.07) is 5.31. The summed E-state index contributed by atoms with van der Waals surface area (Å²) in [5, 5.41) is 15.6. The van der Waals surface area contributed by atoms with Gasteiger partial charge in [0.1, 0.15) is 0 Å². The van der Waals surface area contributed by atoms with Gasteiger partial charge in [0.05, 0.1) is 10.5 Å². The van der Waals surface area contributed by atoms with Gasteiger partial charge in [-0.05, 0) is 30.7 Å². The summed E-state index contributed by atoms with van der Waals surface area (Å²) >= 11 is 0. The van der Waals surface area contributed by atoms with E-state index in [0.717, 1.165) is 18.0 Å². The normalized spacial score (nSPS) is 11.2. The molecule has 0 saturated heterocycles. The van der Waals surface area contributed by atoms with E-state index in [1.807, 2.05) is 0 Å². The third-order valence-electron chi connectivity index (χ3n) is 3.40. The molecule has 0 bridgehead atoms. The monoisotopic (exact) mass is 351 g/mol. The minimum absolute atomic E-state index is 0.130. The maximum absolute atomic E-state index is 12.0. The van der Waals surface area contributed by atoms with Crippen molar-refractivity contribution < 1.29 is 23.1 Å². The minimum atomic E-state index is -3.60. The van der Waals surface area contributed by atoms with Gasteiger partial charge in [-0.25, -0.2) is 13.2 Å². The van der Waals surface area contributed by atoms with Crippen molar-refractivity contribution in [3.63, 3.8) is 0 Å². The number of aromatic carboxylic acids is 1. The molecule has 2 rings (SSSR count). The second-order valence-electron chi connectivity index (χ2n) is 5.32. The number of sulfone groups is 1. The van der Waals surface area contributed by atoms with Crippen LogP contribution in [0.15, 0.2) is 35.4 Å². The van der Waals surface area contributed by atoms with Crippen molar-refractivity contribution in [1.29, 1.82) is 0 Å². The van der Waals surface area contributed by atoms with E-state index >= 15 is 0 Å². The van der Waals surface area contributed by atoms with Gasteiger partial charge in [-0.1, -0.05) is 0 Å². The number of anilines is 1. The van der Waals surface area contributed by atoms with Crippen LogP contribution in [0.2, 0.25) is 0 Å². The van der Waals surface area contributed by atoms with E-state index in [-0.39, 0.29) is 28.5 Å². The summed E-state index contributed by atoms with van der Waals surface area (Å²) in [7, 11) is -1.83. The number of aromatic nitrogens is 2. The van der Waals surface area contributed by atoms with Crippen LogP contribution in [0.5, 0.6) is 0 Å². The molecule has 0 saturated carbocycles. The summed E-state index contributed by atoms with van der Waals surface area (Å²) in [5.74, 6) is -1.62. The molecule has 1 aromatic carbocycles. The maximum Gasteiger partial charge on any atom is 0.335 e. The lowest BCUT2D eigenvalue weighted by Crippen LogP contribution is -2.14. The second kappa shape index (κ2) is 6.83. The van der Waals surface area contributed by atoms with Gasteiger partial charge in [-0.15, -0.1) is 0 Å². The van der Waals surface area contributed by atoms with Crippen LogP contribution in [0.3, 0.4) is 0 Å². The average Bonchev–Trinajstić information content (AvgIpc) is 2.89. The number of carbonyl (C=O) groups is 2.